The SMILES string of the molecule is C=C(C#N)C1(OC(=O)O)C(=O)N(C)c2c(Br)cccc21. The molecule has 1 amide bonds. The maximum atomic E-state index is 12.5. The first-order chi connectivity index (χ1) is 9.36. The highest BCUT2D eigenvalue weighted by atomic mass is 79.9. The molecule has 1 heterocycles. The van der Waals surface area contributed by atoms with Gasteiger partial charge in [-0.3, -0.25) is 4.79 Å². The highest BCUT2D eigenvalue weighted by Gasteiger charge is 2.56. The van der Waals surface area contributed by atoms with Crippen LogP contribution in [0.3, 0.4) is 0 Å². The van der Waals surface area contributed by atoms with Gasteiger partial charge in [0.15, 0.2) is 0 Å². The molecule has 6 nitrogen and oxygen atoms in total. The summed E-state index contributed by atoms with van der Waals surface area (Å²) in [4.78, 5) is 24.7. The van der Waals surface area contributed by atoms with Gasteiger partial charge in [0.25, 0.3) is 11.5 Å². The smallest absolute Gasteiger partial charge is 0.450 e. The maximum Gasteiger partial charge on any atom is 0.507 e. The molecule has 0 spiro atoms. The second kappa shape index (κ2) is 4.65. The molecule has 102 valence electrons. The maximum absolute atomic E-state index is 12.5. The Morgan fingerprint density at radius 1 is 1.60 bits per heavy atom. The molecule has 7 heteroatoms. The number of hydrogen-bond acceptors (Lipinski definition) is 4. The highest BCUT2D eigenvalue weighted by Crippen LogP contribution is 2.48. The number of amides is 1. The Bertz CT molecular complexity index is 679. The van der Waals surface area contributed by atoms with Gasteiger partial charge in [0, 0.05) is 17.1 Å². The molecule has 20 heavy (non-hydrogen) atoms. The van der Waals surface area contributed by atoms with Gasteiger partial charge in [-0.2, -0.15) is 5.26 Å². The van der Waals surface area contributed by atoms with Crippen LogP contribution in [-0.2, 0) is 15.1 Å². The van der Waals surface area contributed by atoms with Crippen molar-refractivity contribution in [1.82, 2.24) is 0 Å². The number of fused-ring (bicyclic) bond motifs is 1. The topological polar surface area (TPSA) is 90.6 Å². The van der Waals surface area contributed by atoms with Crippen LogP contribution in [0, 0.1) is 11.3 Å². The summed E-state index contributed by atoms with van der Waals surface area (Å²) in [6.45, 7) is 3.48. The molecule has 1 atom stereocenters. The highest BCUT2D eigenvalue weighted by molar-refractivity contribution is 9.10. The first kappa shape index (κ1) is 14.1. The van der Waals surface area contributed by atoms with Gasteiger partial charge >= 0.3 is 6.16 Å². The van der Waals surface area contributed by atoms with Crippen LogP contribution in [0.25, 0.3) is 0 Å². The lowest BCUT2D eigenvalue weighted by Gasteiger charge is -2.25. The van der Waals surface area contributed by atoms with Gasteiger partial charge in [-0.05, 0) is 22.0 Å². The Morgan fingerprint density at radius 2 is 2.25 bits per heavy atom. The van der Waals surface area contributed by atoms with Crippen molar-refractivity contribution in [3.05, 3.63) is 40.4 Å². The number of likely N-dealkylation sites (N-methyl/N-ethyl adjacent to an activating group) is 1. The number of carboxylic acid groups (broad SMARTS) is 1. The summed E-state index contributed by atoms with van der Waals surface area (Å²) >= 11 is 3.29. The van der Waals surface area contributed by atoms with Gasteiger partial charge in [-0.25, -0.2) is 4.79 Å². The Morgan fingerprint density at radius 3 is 2.80 bits per heavy atom. The van der Waals surface area contributed by atoms with E-state index in [1.165, 1.54) is 18.0 Å². The standard InChI is InChI=1S/C13H9BrN2O4/c1-7(6-15)13(20-12(18)19)8-4-3-5-9(14)10(8)16(2)11(13)17/h3-5H,1H2,2H3,(H,18,19). The third kappa shape index (κ3) is 1.69. The van der Waals surface area contributed by atoms with Crippen LogP contribution in [0.2, 0.25) is 0 Å². The normalized spacial score (nSPS) is 20.2. The molecule has 1 aliphatic rings. The molecule has 2 rings (SSSR count). The van der Waals surface area contributed by atoms with E-state index in [2.05, 4.69) is 22.5 Å². The second-order valence-corrected chi connectivity index (χ2v) is 4.99. The van der Waals surface area contributed by atoms with E-state index < -0.39 is 17.7 Å². The number of benzene rings is 1. The minimum atomic E-state index is -2.02. The fraction of sp³-hybridized carbons (Fsp3) is 0.154. The summed E-state index contributed by atoms with van der Waals surface area (Å²) in [6, 6.07) is 6.58. The van der Waals surface area contributed by atoms with Crippen LogP contribution in [-0.4, -0.2) is 24.2 Å². The van der Waals surface area contributed by atoms with E-state index in [9.17, 15) is 9.59 Å². The third-order valence-electron chi connectivity index (χ3n) is 3.11. The van der Waals surface area contributed by atoms with Crippen molar-refractivity contribution in [3.63, 3.8) is 0 Å². The first-order valence-electron chi connectivity index (χ1n) is 5.44. The summed E-state index contributed by atoms with van der Waals surface area (Å²) in [5.41, 5.74) is -1.58. The number of carbonyl (C=O) groups excluding carboxylic acids is 1. The van der Waals surface area contributed by atoms with Crippen molar-refractivity contribution in [1.29, 1.82) is 5.26 Å². The fourth-order valence-corrected chi connectivity index (χ4v) is 2.89. The van der Waals surface area contributed by atoms with Crippen molar-refractivity contribution >= 4 is 33.7 Å². The molecule has 0 radical (unpaired) electrons. The lowest BCUT2D eigenvalue weighted by molar-refractivity contribution is -0.133. The minimum Gasteiger partial charge on any atom is -0.450 e. The molecule has 1 unspecified atom stereocenters. The zero-order valence-electron chi connectivity index (χ0n) is 10.4. The van der Waals surface area contributed by atoms with Gasteiger partial charge in [-0.15, -0.1) is 0 Å². The molecule has 1 aromatic rings. The number of ether oxygens (including phenoxy) is 1. The van der Waals surface area contributed by atoms with Gasteiger partial charge in [0.2, 0.25) is 0 Å². The molecule has 0 aliphatic carbocycles. The van der Waals surface area contributed by atoms with Crippen molar-refractivity contribution in [3.8, 4) is 6.07 Å². The number of anilines is 1. The van der Waals surface area contributed by atoms with E-state index in [1.54, 1.807) is 18.2 Å². The number of carbonyl (C=O) groups is 2. The van der Waals surface area contributed by atoms with Gasteiger partial charge < -0.3 is 14.7 Å². The molecule has 0 bridgehead atoms. The Balaban J connectivity index is 2.80. The predicted octanol–water partition coefficient (Wildman–Crippen LogP) is 2.40. The molecule has 0 saturated heterocycles. The summed E-state index contributed by atoms with van der Waals surface area (Å²) in [6.07, 6.45) is -1.66. The monoisotopic (exact) mass is 336 g/mol. The number of nitrogens with zero attached hydrogens (tertiary/aromatic N) is 2. The van der Waals surface area contributed by atoms with Crippen LogP contribution in [0.1, 0.15) is 5.56 Å². The molecular formula is C13H9BrN2O4. The number of hydrogen-bond donors (Lipinski definition) is 1. The van der Waals surface area contributed by atoms with Crippen LogP contribution in [0.15, 0.2) is 34.8 Å². The van der Waals surface area contributed by atoms with E-state index >= 15 is 0 Å². The number of para-hydroxylation sites is 1. The molecule has 1 aliphatic heterocycles. The molecule has 0 saturated carbocycles. The van der Waals surface area contributed by atoms with Crippen molar-refractivity contribution in [2.75, 3.05) is 11.9 Å². The minimum absolute atomic E-state index is 0.272. The average Bonchev–Trinajstić information content (AvgIpc) is 2.61. The zero-order valence-corrected chi connectivity index (χ0v) is 12.0. The third-order valence-corrected chi connectivity index (χ3v) is 3.75. The van der Waals surface area contributed by atoms with Crippen molar-refractivity contribution in [2.24, 2.45) is 0 Å². The van der Waals surface area contributed by atoms with Crippen LogP contribution >= 0.6 is 15.9 Å². The van der Waals surface area contributed by atoms with Crippen molar-refractivity contribution < 1.29 is 19.4 Å². The van der Waals surface area contributed by atoms with Gasteiger partial charge in [0.1, 0.15) is 0 Å². The summed E-state index contributed by atoms with van der Waals surface area (Å²) < 4.78 is 5.39. The van der Waals surface area contributed by atoms with E-state index in [1.807, 2.05) is 0 Å². The van der Waals surface area contributed by atoms with Crippen LogP contribution in [0.5, 0.6) is 0 Å². The van der Waals surface area contributed by atoms with E-state index in [4.69, 9.17) is 15.1 Å². The van der Waals surface area contributed by atoms with E-state index in [0.29, 0.717) is 10.2 Å². The molecule has 0 fully saturated rings. The quantitative estimate of drug-likeness (QED) is 0.661. The lowest BCUT2D eigenvalue weighted by atomic mass is 9.88. The molecule has 1 aromatic carbocycles. The largest absolute Gasteiger partial charge is 0.507 e. The van der Waals surface area contributed by atoms with Crippen LogP contribution in [0.4, 0.5) is 10.5 Å². The Hall–Kier alpha value is -2.33. The van der Waals surface area contributed by atoms with Crippen molar-refractivity contribution in [2.45, 2.75) is 5.60 Å². The zero-order chi connectivity index (χ0) is 15.1. The van der Waals surface area contributed by atoms with E-state index in [0.717, 1.165) is 0 Å². The fourth-order valence-electron chi connectivity index (χ4n) is 2.25. The van der Waals surface area contributed by atoms with E-state index in [-0.39, 0.29) is 11.1 Å². The summed E-state index contributed by atoms with van der Waals surface area (Å²) in [5, 5.41) is 18.0. The number of nitriles is 1. The number of rotatable bonds is 2. The molecule has 0 aromatic heterocycles. The van der Waals surface area contributed by atoms with Gasteiger partial charge in [0.05, 0.1) is 17.3 Å². The molecular weight excluding hydrogens is 328 g/mol. The van der Waals surface area contributed by atoms with Gasteiger partial charge in [-0.1, -0.05) is 18.7 Å². The Labute approximate surface area is 123 Å². The summed E-state index contributed by atoms with van der Waals surface area (Å²) in [5.74, 6) is -0.673. The Kier molecular flexibility index (Phi) is 3.28. The predicted molar refractivity (Wildman–Crippen MR) is 73.1 cm³/mol. The molecule has 1 N–H and O–H groups in total. The average molecular weight is 337 g/mol. The summed E-state index contributed by atoms with van der Waals surface area (Å²) in [7, 11) is 1.48. The first-order valence-corrected chi connectivity index (χ1v) is 6.24. The van der Waals surface area contributed by atoms with Crippen LogP contribution < -0.4 is 4.90 Å². The number of halogens is 1. The second-order valence-electron chi connectivity index (χ2n) is 4.14. The lowest BCUT2D eigenvalue weighted by Crippen LogP contribution is -2.43.